The van der Waals surface area contributed by atoms with E-state index in [4.69, 9.17) is 16.3 Å². The molecule has 8 nitrogen and oxygen atoms in total. The van der Waals surface area contributed by atoms with Crippen molar-refractivity contribution >= 4 is 39.2 Å². The molecule has 3 aromatic carbocycles. The normalized spacial score (nSPS) is 15.2. The Labute approximate surface area is 243 Å². The molecule has 1 fully saturated rings. The topological polar surface area (TPSA) is 94.4 Å². The number of benzene rings is 3. The lowest BCUT2D eigenvalue weighted by atomic mass is 10.1. The molecule has 0 aliphatic carbocycles. The van der Waals surface area contributed by atoms with Crippen LogP contribution in [0.5, 0.6) is 0 Å². The molecule has 1 saturated heterocycles. The summed E-state index contributed by atoms with van der Waals surface area (Å²) in [5.41, 5.74) is 3.07. The second kappa shape index (κ2) is 12.2. The van der Waals surface area contributed by atoms with Crippen LogP contribution in [0.25, 0.3) is 17.1 Å². The summed E-state index contributed by atoms with van der Waals surface area (Å²) in [5.74, 6) is 0.421. The number of rotatable bonds is 9. The molecule has 1 aliphatic rings. The molecular weight excluding hydrogens is 568 g/mol. The molecule has 0 spiro atoms. The zero-order chi connectivity index (χ0) is 28.3. The van der Waals surface area contributed by atoms with Crippen LogP contribution in [-0.2, 0) is 21.2 Å². The number of aromatic nitrogens is 3. The number of carbonyl (C=O) groups excluding carboxylic acids is 1. The van der Waals surface area contributed by atoms with Crippen LogP contribution in [0.2, 0.25) is 5.02 Å². The van der Waals surface area contributed by atoms with Gasteiger partial charge in [-0.25, -0.2) is 8.42 Å². The van der Waals surface area contributed by atoms with Crippen molar-refractivity contribution in [2.24, 2.45) is 0 Å². The number of sulfonamides is 1. The minimum atomic E-state index is -3.71. The van der Waals surface area contributed by atoms with Gasteiger partial charge in [-0.15, -0.1) is 10.2 Å². The fraction of sp³-hybridized carbons (Fsp3) is 0.276. The first-order chi connectivity index (χ1) is 19.3. The molecule has 1 aromatic heterocycles. The van der Waals surface area contributed by atoms with Crippen LogP contribution < -0.4 is 0 Å². The van der Waals surface area contributed by atoms with E-state index in [1.165, 1.54) is 21.6 Å². The molecule has 11 heteroatoms. The minimum Gasteiger partial charge on any atom is -0.379 e. The summed E-state index contributed by atoms with van der Waals surface area (Å²) in [5, 5.41) is 9.44. The molecular formula is C29H29ClN4O4S2. The zero-order valence-electron chi connectivity index (χ0n) is 22.2. The third kappa shape index (κ3) is 6.01. The average molecular weight is 597 g/mol. The van der Waals surface area contributed by atoms with E-state index >= 15 is 0 Å². The van der Waals surface area contributed by atoms with Crippen LogP contribution in [0.3, 0.4) is 0 Å². The SMILES string of the molecule is CCc1ccc(C(=O)[C@@H](C)Sc2nnc(-c3cccc(S(=O)(=O)N4CCOCC4)c3)n2-c2cccc(Cl)c2)cc1. The number of hydrogen-bond acceptors (Lipinski definition) is 7. The van der Waals surface area contributed by atoms with Gasteiger partial charge in [-0.2, -0.15) is 4.31 Å². The van der Waals surface area contributed by atoms with Gasteiger partial charge in [-0.1, -0.05) is 72.8 Å². The van der Waals surface area contributed by atoms with E-state index < -0.39 is 15.3 Å². The molecule has 0 N–H and O–H groups in total. The van der Waals surface area contributed by atoms with Gasteiger partial charge in [0, 0.05) is 29.2 Å². The molecule has 1 aliphatic heterocycles. The maximum absolute atomic E-state index is 13.3. The molecule has 0 bridgehead atoms. The summed E-state index contributed by atoms with van der Waals surface area (Å²) in [6.45, 7) is 5.25. The first-order valence-electron chi connectivity index (χ1n) is 13.0. The number of hydrogen-bond donors (Lipinski definition) is 0. The number of Topliss-reactive ketones (excluding diaryl/α,β-unsaturated/α-hetero) is 1. The van der Waals surface area contributed by atoms with Crippen molar-refractivity contribution in [1.29, 1.82) is 0 Å². The molecule has 0 unspecified atom stereocenters. The quantitative estimate of drug-likeness (QED) is 0.185. The standard InChI is InChI=1S/C29H29ClN4O4S2/c1-3-21-10-12-22(13-11-21)27(35)20(2)39-29-32-31-28(34(29)25-8-5-7-24(30)19-25)23-6-4-9-26(18-23)40(36,37)33-14-16-38-17-15-33/h4-13,18-20H,3,14-17H2,1-2H3/t20-/m1/s1. The predicted molar refractivity (Wildman–Crippen MR) is 157 cm³/mol. The molecule has 0 amide bonds. The number of carbonyl (C=O) groups is 1. The molecule has 5 rings (SSSR count). The molecule has 1 atom stereocenters. The summed E-state index contributed by atoms with van der Waals surface area (Å²) >= 11 is 7.62. The van der Waals surface area contributed by atoms with Gasteiger partial charge >= 0.3 is 0 Å². The average Bonchev–Trinajstić information content (AvgIpc) is 3.40. The largest absolute Gasteiger partial charge is 0.379 e. The van der Waals surface area contributed by atoms with Crippen molar-refractivity contribution < 1.29 is 17.9 Å². The Morgan fingerprint density at radius 3 is 2.45 bits per heavy atom. The monoisotopic (exact) mass is 596 g/mol. The molecule has 208 valence electrons. The Morgan fingerprint density at radius 2 is 1.75 bits per heavy atom. The molecule has 4 aromatic rings. The van der Waals surface area contributed by atoms with Crippen LogP contribution in [0.1, 0.15) is 29.8 Å². The second-order valence-electron chi connectivity index (χ2n) is 9.34. The lowest BCUT2D eigenvalue weighted by molar-refractivity contribution is 0.0730. The van der Waals surface area contributed by atoms with Crippen molar-refractivity contribution in [2.75, 3.05) is 26.3 Å². The van der Waals surface area contributed by atoms with Gasteiger partial charge in [0.2, 0.25) is 10.0 Å². The highest BCUT2D eigenvalue weighted by molar-refractivity contribution is 8.00. The lowest BCUT2D eigenvalue weighted by Gasteiger charge is -2.26. The Balaban J connectivity index is 1.51. The van der Waals surface area contributed by atoms with Crippen molar-refractivity contribution in [1.82, 2.24) is 19.1 Å². The van der Waals surface area contributed by atoms with Crippen LogP contribution in [0.15, 0.2) is 82.8 Å². The Morgan fingerprint density at radius 1 is 1.02 bits per heavy atom. The fourth-order valence-corrected chi connectivity index (χ4v) is 7.05. The number of morpholine rings is 1. The fourth-order valence-electron chi connectivity index (χ4n) is 4.46. The van der Waals surface area contributed by atoms with Gasteiger partial charge in [0.1, 0.15) is 0 Å². The van der Waals surface area contributed by atoms with Crippen molar-refractivity contribution in [3.8, 4) is 17.1 Å². The van der Waals surface area contributed by atoms with Gasteiger partial charge < -0.3 is 4.74 Å². The minimum absolute atomic E-state index is 0.0200. The predicted octanol–water partition coefficient (Wildman–Crippen LogP) is 5.53. The second-order valence-corrected chi connectivity index (χ2v) is 13.0. The van der Waals surface area contributed by atoms with Gasteiger partial charge in [-0.05, 0) is 49.2 Å². The number of halogens is 1. The van der Waals surface area contributed by atoms with Gasteiger partial charge in [-0.3, -0.25) is 9.36 Å². The van der Waals surface area contributed by atoms with E-state index in [-0.39, 0.29) is 10.7 Å². The zero-order valence-corrected chi connectivity index (χ0v) is 24.5. The van der Waals surface area contributed by atoms with E-state index in [0.29, 0.717) is 59.1 Å². The first-order valence-corrected chi connectivity index (χ1v) is 15.7. The van der Waals surface area contributed by atoms with Crippen molar-refractivity contribution in [2.45, 2.75) is 35.6 Å². The number of ether oxygens (including phenoxy) is 1. The summed E-state index contributed by atoms with van der Waals surface area (Å²) in [6, 6.07) is 21.5. The van der Waals surface area contributed by atoms with Crippen molar-refractivity contribution in [3.05, 3.63) is 88.9 Å². The van der Waals surface area contributed by atoms with Crippen LogP contribution >= 0.6 is 23.4 Å². The van der Waals surface area contributed by atoms with E-state index in [1.807, 2.05) is 43.3 Å². The summed E-state index contributed by atoms with van der Waals surface area (Å²) in [6.07, 6.45) is 0.902. The van der Waals surface area contributed by atoms with Crippen molar-refractivity contribution in [3.63, 3.8) is 0 Å². The highest BCUT2D eigenvalue weighted by atomic mass is 35.5. The molecule has 40 heavy (non-hydrogen) atoms. The van der Waals surface area contributed by atoms with Gasteiger partial charge in [0.15, 0.2) is 16.8 Å². The third-order valence-electron chi connectivity index (χ3n) is 6.70. The summed E-state index contributed by atoms with van der Waals surface area (Å²) in [4.78, 5) is 13.4. The number of aryl methyl sites for hydroxylation is 1. The Hall–Kier alpha value is -3.02. The Kier molecular flexibility index (Phi) is 8.72. The molecule has 2 heterocycles. The highest BCUT2D eigenvalue weighted by Gasteiger charge is 2.28. The van der Waals surface area contributed by atoms with Crippen LogP contribution in [0.4, 0.5) is 0 Å². The van der Waals surface area contributed by atoms with Gasteiger partial charge in [0.05, 0.1) is 29.0 Å². The lowest BCUT2D eigenvalue weighted by Crippen LogP contribution is -2.40. The molecule has 0 saturated carbocycles. The van der Waals surface area contributed by atoms with E-state index in [0.717, 1.165) is 6.42 Å². The highest BCUT2D eigenvalue weighted by Crippen LogP contribution is 2.33. The van der Waals surface area contributed by atoms with E-state index in [9.17, 15) is 13.2 Å². The van der Waals surface area contributed by atoms with E-state index in [2.05, 4.69) is 17.1 Å². The Bertz CT molecular complexity index is 1620. The van der Waals surface area contributed by atoms with E-state index in [1.54, 1.807) is 41.0 Å². The first kappa shape index (κ1) is 28.5. The summed E-state index contributed by atoms with van der Waals surface area (Å²) in [7, 11) is -3.71. The number of ketones is 1. The van der Waals surface area contributed by atoms with Gasteiger partial charge in [0.25, 0.3) is 0 Å². The third-order valence-corrected chi connectivity index (χ3v) is 9.87. The number of nitrogens with zero attached hydrogens (tertiary/aromatic N) is 4. The summed E-state index contributed by atoms with van der Waals surface area (Å²) < 4.78 is 35.2. The maximum atomic E-state index is 13.3. The number of thioether (sulfide) groups is 1. The smallest absolute Gasteiger partial charge is 0.243 e. The van der Waals surface area contributed by atoms with Crippen LogP contribution in [-0.4, -0.2) is 64.8 Å². The maximum Gasteiger partial charge on any atom is 0.243 e. The molecule has 0 radical (unpaired) electrons. The van der Waals surface area contributed by atoms with Crippen LogP contribution in [0, 0.1) is 0 Å².